The molecule has 17 heavy (non-hydrogen) atoms. The predicted molar refractivity (Wildman–Crippen MR) is 64.3 cm³/mol. The maximum atomic E-state index is 12.1. The topological polar surface area (TPSA) is 44.1 Å². The average molecular weight is 230 g/mol. The smallest absolute Gasteiger partial charge is 0.186 e. The highest BCUT2D eigenvalue weighted by atomic mass is 16.5. The van der Waals surface area contributed by atoms with Gasteiger partial charge in [0.15, 0.2) is 5.78 Å². The summed E-state index contributed by atoms with van der Waals surface area (Å²) < 4.78 is 6.98. The van der Waals surface area contributed by atoms with E-state index in [0.717, 1.165) is 5.82 Å². The highest BCUT2D eigenvalue weighted by Crippen LogP contribution is 2.18. The van der Waals surface area contributed by atoms with Crippen LogP contribution >= 0.6 is 0 Å². The summed E-state index contributed by atoms with van der Waals surface area (Å²) >= 11 is 0. The molecular weight excluding hydrogens is 216 g/mol. The summed E-state index contributed by atoms with van der Waals surface area (Å²) in [5, 5.41) is 0. The maximum absolute atomic E-state index is 12.1. The molecule has 1 heterocycles. The molecule has 1 aromatic carbocycles. The van der Waals surface area contributed by atoms with Crippen molar-refractivity contribution in [2.45, 2.75) is 13.5 Å². The highest BCUT2D eigenvalue weighted by molar-refractivity contribution is 5.98. The van der Waals surface area contributed by atoms with Crippen LogP contribution in [0.25, 0.3) is 0 Å². The van der Waals surface area contributed by atoms with Crippen molar-refractivity contribution in [3.8, 4) is 5.75 Å². The summed E-state index contributed by atoms with van der Waals surface area (Å²) in [6, 6.07) is 7.23. The van der Waals surface area contributed by atoms with Gasteiger partial charge in [-0.25, -0.2) is 4.98 Å². The van der Waals surface area contributed by atoms with Crippen molar-refractivity contribution >= 4 is 5.78 Å². The standard InChI is InChI=1S/C13H14N2O2/c1-10-14-7-8-15(10)9-12(16)11-5-3-4-6-13(11)17-2/h3-8H,9H2,1-2H3. The molecule has 0 saturated carbocycles. The monoisotopic (exact) mass is 230 g/mol. The van der Waals surface area contributed by atoms with Crippen molar-refractivity contribution in [3.63, 3.8) is 0 Å². The molecule has 2 rings (SSSR count). The molecule has 4 heteroatoms. The van der Waals surface area contributed by atoms with Crippen LogP contribution in [-0.2, 0) is 6.54 Å². The summed E-state index contributed by atoms with van der Waals surface area (Å²) in [5.41, 5.74) is 0.600. The van der Waals surface area contributed by atoms with Gasteiger partial charge < -0.3 is 9.30 Å². The van der Waals surface area contributed by atoms with E-state index in [1.807, 2.05) is 23.6 Å². The van der Waals surface area contributed by atoms with E-state index >= 15 is 0 Å². The second-order valence-electron chi connectivity index (χ2n) is 3.73. The normalized spacial score (nSPS) is 10.2. The summed E-state index contributed by atoms with van der Waals surface area (Å²) in [4.78, 5) is 16.2. The molecule has 0 amide bonds. The van der Waals surface area contributed by atoms with E-state index in [9.17, 15) is 4.79 Å². The van der Waals surface area contributed by atoms with Gasteiger partial charge in [0, 0.05) is 12.4 Å². The maximum Gasteiger partial charge on any atom is 0.186 e. The molecule has 0 spiro atoms. The number of carbonyl (C=O) groups excluding carboxylic acids is 1. The van der Waals surface area contributed by atoms with Crippen LogP contribution < -0.4 is 4.74 Å². The van der Waals surface area contributed by atoms with Crippen molar-refractivity contribution in [3.05, 3.63) is 48.0 Å². The lowest BCUT2D eigenvalue weighted by atomic mass is 10.1. The number of Topliss-reactive ketones (excluding diaryl/α,β-unsaturated/α-hetero) is 1. The molecule has 1 aromatic heterocycles. The number of rotatable bonds is 4. The summed E-state index contributed by atoms with van der Waals surface area (Å²) in [7, 11) is 1.56. The van der Waals surface area contributed by atoms with Crippen molar-refractivity contribution in [2.75, 3.05) is 7.11 Å². The molecule has 88 valence electrons. The number of hydrogen-bond donors (Lipinski definition) is 0. The van der Waals surface area contributed by atoms with Crippen LogP contribution in [-0.4, -0.2) is 22.4 Å². The molecule has 2 aromatic rings. The summed E-state index contributed by atoms with van der Waals surface area (Å²) in [5.74, 6) is 1.45. The Morgan fingerprint density at radius 2 is 2.18 bits per heavy atom. The first kappa shape index (κ1) is 11.4. The van der Waals surface area contributed by atoms with Gasteiger partial charge >= 0.3 is 0 Å². The van der Waals surface area contributed by atoms with Crippen LogP contribution in [0.15, 0.2) is 36.7 Å². The van der Waals surface area contributed by atoms with Crippen LogP contribution in [0.5, 0.6) is 5.75 Å². The van der Waals surface area contributed by atoms with Gasteiger partial charge in [-0.3, -0.25) is 4.79 Å². The molecule has 0 radical (unpaired) electrons. The first-order chi connectivity index (χ1) is 8.22. The van der Waals surface area contributed by atoms with Crippen LogP contribution in [0, 0.1) is 6.92 Å². The molecule has 0 fully saturated rings. The molecule has 4 nitrogen and oxygen atoms in total. The van der Waals surface area contributed by atoms with Gasteiger partial charge in [0.25, 0.3) is 0 Å². The minimum atomic E-state index is 0.0172. The van der Waals surface area contributed by atoms with Gasteiger partial charge in [-0.15, -0.1) is 0 Å². The first-order valence-corrected chi connectivity index (χ1v) is 5.36. The lowest BCUT2D eigenvalue weighted by Crippen LogP contribution is -2.12. The lowest BCUT2D eigenvalue weighted by molar-refractivity contribution is 0.0968. The van der Waals surface area contributed by atoms with Gasteiger partial charge in [0.05, 0.1) is 19.2 Å². The Hall–Kier alpha value is -2.10. The molecule has 0 aliphatic carbocycles. The van der Waals surface area contributed by atoms with Crippen molar-refractivity contribution in [1.29, 1.82) is 0 Å². The van der Waals surface area contributed by atoms with Crippen LogP contribution in [0.2, 0.25) is 0 Å². The molecule has 0 saturated heterocycles. The zero-order chi connectivity index (χ0) is 12.3. The third-order valence-corrected chi connectivity index (χ3v) is 2.64. The van der Waals surface area contributed by atoms with Crippen molar-refractivity contribution in [2.24, 2.45) is 0 Å². The Bertz CT molecular complexity index is 532. The molecule has 0 bridgehead atoms. The zero-order valence-corrected chi connectivity index (χ0v) is 9.88. The van der Waals surface area contributed by atoms with Gasteiger partial charge in [0.2, 0.25) is 0 Å². The fourth-order valence-corrected chi connectivity index (χ4v) is 1.69. The lowest BCUT2D eigenvalue weighted by Gasteiger charge is -2.08. The van der Waals surface area contributed by atoms with E-state index in [-0.39, 0.29) is 12.3 Å². The van der Waals surface area contributed by atoms with E-state index in [1.54, 1.807) is 31.6 Å². The van der Waals surface area contributed by atoms with Crippen LogP contribution in [0.1, 0.15) is 16.2 Å². The number of imidazole rings is 1. The van der Waals surface area contributed by atoms with E-state index in [4.69, 9.17) is 4.74 Å². The fraction of sp³-hybridized carbons (Fsp3) is 0.231. The van der Waals surface area contributed by atoms with Gasteiger partial charge in [-0.2, -0.15) is 0 Å². The summed E-state index contributed by atoms with van der Waals surface area (Å²) in [6.45, 7) is 2.15. The molecule has 0 N–H and O–H groups in total. The van der Waals surface area contributed by atoms with Crippen molar-refractivity contribution < 1.29 is 9.53 Å². The highest BCUT2D eigenvalue weighted by Gasteiger charge is 2.12. The van der Waals surface area contributed by atoms with Gasteiger partial charge in [-0.05, 0) is 19.1 Å². The second kappa shape index (κ2) is 4.82. The number of hydrogen-bond acceptors (Lipinski definition) is 3. The Labute approximate surface area is 99.9 Å². The first-order valence-electron chi connectivity index (χ1n) is 5.36. The molecule has 0 aliphatic rings. The third-order valence-electron chi connectivity index (χ3n) is 2.64. The van der Waals surface area contributed by atoms with E-state index < -0.39 is 0 Å². The second-order valence-corrected chi connectivity index (χ2v) is 3.73. The Balaban J connectivity index is 2.23. The number of aryl methyl sites for hydroxylation is 1. The Kier molecular flexibility index (Phi) is 3.23. The number of ether oxygens (including phenoxy) is 1. The van der Waals surface area contributed by atoms with E-state index in [2.05, 4.69) is 4.98 Å². The Morgan fingerprint density at radius 3 is 2.82 bits per heavy atom. The quantitative estimate of drug-likeness (QED) is 0.755. The minimum Gasteiger partial charge on any atom is -0.496 e. The number of aromatic nitrogens is 2. The number of para-hydroxylation sites is 1. The number of ketones is 1. The molecular formula is C13H14N2O2. The number of methoxy groups -OCH3 is 1. The van der Waals surface area contributed by atoms with Crippen molar-refractivity contribution in [1.82, 2.24) is 9.55 Å². The molecule has 0 aliphatic heterocycles. The van der Waals surface area contributed by atoms with Crippen LogP contribution in [0.4, 0.5) is 0 Å². The van der Waals surface area contributed by atoms with Gasteiger partial charge in [-0.1, -0.05) is 12.1 Å². The van der Waals surface area contributed by atoms with Gasteiger partial charge in [0.1, 0.15) is 11.6 Å². The SMILES string of the molecule is COc1ccccc1C(=O)Cn1ccnc1C. The predicted octanol–water partition coefficient (Wildman–Crippen LogP) is 2.08. The number of benzene rings is 1. The summed E-state index contributed by atoms with van der Waals surface area (Å²) in [6.07, 6.45) is 3.48. The van der Waals surface area contributed by atoms with E-state index in [0.29, 0.717) is 11.3 Å². The third kappa shape index (κ3) is 2.36. The minimum absolute atomic E-state index is 0.0172. The fourth-order valence-electron chi connectivity index (χ4n) is 1.69. The molecule has 0 atom stereocenters. The number of carbonyl (C=O) groups is 1. The average Bonchev–Trinajstić information content (AvgIpc) is 2.75. The number of nitrogens with zero attached hydrogens (tertiary/aromatic N) is 2. The zero-order valence-electron chi connectivity index (χ0n) is 9.88. The molecule has 0 unspecified atom stereocenters. The van der Waals surface area contributed by atoms with Crippen LogP contribution in [0.3, 0.4) is 0 Å². The Morgan fingerprint density at radius 1 is 1.41 bits per heavy atom. The largest absolute Gasteiger partial charge is 0.496 e. The van der Waals surface area contributed by atoms with E-state index in [1.165, 1.54) is 0 Å².